The van der Waals surface area contributed by atoms with Crippen LogP contribution in [0.3, 0.4) is 0 Å². The Kier molecular flexibility index (Phi) is 4.11. The van der Waals surface area contributed by atoms with E-state index in [-0.39, 0.29) is 6.42 Å². The molecule has 0 amide bonds. The minimum Gasteiger partial charge on any atom is -0.480 e. The summed E-state index contributed by atoms with van der Waals surface area (Å²) in [6, 6.07) is 3.55. The van der Waals surface area contributed by atoms with Crippen LogP contribution >= 0.6 is 11.8 Å². The number of hydrogen-bond donors (Lipinski definition) is 2. The van der Waals surface area contributed by atoms with E-state index in [0.29, 0.717) is 5.56 Å². The van der Waals surface area contributed by atoms with Gasteiger partial charge in [0, 0.05) is 11.3 Å². The summed E-state index contributed by atoms with van der Waals surface area (Å²) >= 11 is 1.47. The maximum absolute atomic E-state index is 13.3. The van der Waals surface area contributed by atoms with Crippen LogP contribution in [0.5, 0.6) is 0 Å². The Labute approximate surface area is 91.5 Å². The zero-order valence-electron chi connectivity index (χ0n) is 8.24. The third kappa shape index (κ3) is 3.21. The summed E-state index contributed by atoms with van der Waals surface area (Å²) in [5.41, 5.74) is 5.68. The summed E-state index contributed by atoms with van der Waals surface area (Å²) in [6.45, 7) is 0. The van der Waals surface area contributed by atoms with E-state index >= 15 is 0 Å². The maximum Gasteiger partial charge on any atom is 0.320 e. The molecular weight excluding hydrogens is 217 g/mol. The monoisotopic (exact) mass is 229 g/mol. The molecule has 15 heavy (non-hydrogen) atoms. The van der Waals surface area contributed by atoms with Crippen LogP contribution in [0.4, 0.5) is 4.39 Å². The number of carbonyl (C=O) groups is 1. The van der Waals surface area contributed by atoms with Crippen LogP contribution in [0.2, 0.25) is 0 Å². The summed E-state index contributed by atoms with van der Waals surface area (Å²) in [7, 11) is 0. The van der Waals surface area contributed by atoms with Crippen molar-refractivity contribution in [3.63, 3.8) is 0 Å². The Morgan fingerprint density at radius 1 is 1.67 bits per heavy atom. The van der Waals surface area contributed by atoms with Crippen molar-refractivity contribution in [1.82, 2.24) is 0 Å². The molecule has 3 N–H and O–H groups in total. The standard InChI is InChI=1S/C10H12FNO2S/c1-15-7-2-3-8(11)6(4-7)5-9(12)10(13)14/h2-4,9H,5,12H2,1H3,(H,13,14). The fourth-order valence-electron chi connectivity index (χ4n) is 1.16. The molecule has 0 aliphatic rings. The van der Waals surface area contributed by atoms with Crippen LogP contribution in [0.25, 0.3) is 0 Å². The smallest absolute Gasteiger partial charge is 0.320 e. The lowest BCUT2D eigenvalue weighted by atomic mass is 10.1. The lowest BCUT2D eigenvalue weighted by molar-refractivity contribution is -0.138. The van der Waals surface area contributed by atoms with Crippen LogP contribution in [-0.2, 0) is 11.2 Å². The summed E-state index contributed by atoms with van der Waals surface area (Å²) in [6.07, 6.45) is 1.88. The second-order valence-corrected chi connectivity index (χ2v) is 3.99. The number of thioether (sulfide) groups is 1. The lowest BCUT2D eigenvalue weighted by Gasteiger charge is -2.08. The van der Waals surface area contributed by atoms with Gasteiger partial charge in [-0.1, -0.05) is 0 Å². The van der Waals surface area contributed by atoms with E-state index in [0.717, 1.165) is 4.90 Å². The second-order valence-electron chi connectivity index (χ2n) is 3.11. The van der Waals surface area contributed by atoms with Gasteiger partial charge in [0.1, 0.15) is 11.9 Å². The highest BCUT2D eigenvalue weighted by Gasteiger charge is 2.14. The van der Waals surface area contributed by atoms with Gasteiger partial charge in [0.25, 0.3) is 0 Å². The molecule has 0 aromatic heterocycles. The first kappa shape index (κ1) is 12.0. The molecule has 0 aliphatic heterocycles. The van der Waals surface area contributed by atoms with Gasteiger partial charge in [-0.15, -0.1) is 11.8 Å². The van der Waals surface area contributed by atoms with E-state index in [1.54, 1.807) is 12.1 Å². The minimum absolute atomic E-state index is 0.00949. The Hall–Kier alpha value is -1.07. The van der Waals surface area contributed by atoms with E-state index in [2.05, 4.69) is 0 Å². The summed E-state index contributed by atoms with van der Waals surface area (Å²) < 4.78 is 13.3. The molecule has 1 atom stereocenters. The molecule has 0 saturated heterocycles. The molecule has 0 saturated carbocycles. The molecule has 0 radical (unpaired) electrons. The highest BCUT2D eigenvalue weighted by atomic mass is 32.2. The van der Waals surface area contributed by atoms with Crippen molar-refractivity contribution in [1.29, 1.82) is 0 Å². The van der Waals surface area contributed by atoms with Crippen molar-refractivity contribution in [3.05, 3.63) is 29.6 Å². The van der Waals surface area contributed by atoms with Gasteiger partial charge < -0.3 is 10.8 Å². The normalized spacial score (nSPS) is 12.5. The summed E-state index contributed by atoms with van der Waals surface area (Å²) in [4.78, 5) is 11.4. The highest BCUT2D eigenvalue weighted by molar-refractivity contribution is 7.98. The number of rotatable bonds is 4. The number of nitrogens with two attached hydrogens (primary N) is 1. The molecule has 82 valence electrons. The SMILES string of the molecule is CSc1ccc(F)c(CC(N)C(=O)O)c1. The first-order valence-electron chi connectivity index (χ1n) is 4.35. The largest absolute Gasteiger partial charge is 0.480 e. The Balaban J connectivity index is 2.88. The van der Waals surface area contributed by atoms with Gasteiger partial charge >= 0.3 is 5.97 Å². The van der Waals surface area contributed by atoms with Gasteiger partial charge in [0.05, 0.1) is 0 Å². The fraction of sp³-hybridized carbons (Fsp3) is 0.300. The number of halogens is 1. The maximum atomic E-state index is 13.3. The quantitative estimate of drug-likeness (QED) is 0.768. The molecule has 0 heterocycles. The molecular formula is C10H12FNO2S. The predicted octanol–water partition coefficient (Wildman–Crippen LogP) is 1.50. The Morgan fingerprint density at radius 3 is 2.87 bits per heavy atom. The van der Waals surface area contributed by atoms with Gasteiger partial charge in [-0.25, -0.2) is 4.39 Å². The first-order valence-corrected chi connectivity index (χ1v) is 5.58. The van der Waals surface area contributed by atoms with E-state index in [1.807, 2.05) is 6.26 Å². The minimum atomic E-state index is -1.12. The molecule has 1 rings (SSSR count). The van der Waals surface area contributed by atoms with Gasteiger partial charge in [0.2, 0.25) is 0 Å². The van der Waals surface area contributed by atoms with Crippen LogP contribution in [0.15, 0.2) is 23.1 Å². The molecule has 1 aromatic rings. The summed E-state index contributed by atoms with van der Waals surface area (Å²) in [5.74, 6) is -1.53. The van der Waals surface area contributed by atoms with E-state index < -0.39 is 17.8 Å². The number of carboxylic acids is 1. The lowest BCUT2D eigenvalue weighted by Crippen LogP contribution is -2.32. The van der Waals surface area contributed by atoms with Crippen molar-refractivity contribution >= 4 is 17.7 Å². The average molecular weight is 229 g/mol. The average Bonchev–Trinajstić information content (AvgIpc) is 2.21. The topological polar surface area (TPSA) is 63.3 Å². The van der Waals surface area contributed by atoms with Crippen molar-refractivity contribution in [3.8, 4) is 0 Å². The number of carboxylic acid groups (broad SMARTS) is 1. The predicted molar refractivity (Wildman–Crippen MR) is 57.5 cm³/mol. The molecule has 0 aliphatic carbocycles. The zero-order valence-corrected chi connectivity index (χ0v) is 9.05. The van der Waals surface area contributed by atoms with E-state index in [1.165, 1.54) is 17.8 Å². The molecule has 1 aromatic carbocycles. The molecule has 0 spiro atoms. The third-order valence-corrected chi connectivity index (χ3v) is 2.74. The van der Waals surface area contributed by atoms with Crippen LogP contribution in [0.1, 0.15) is 5.56 Å². The van der Waals surface area contributed by atoms with Crippen molar-refractivity contribution in [2.75, 3.05) is 6.26 Å². The third-order valence-electron chi connectivity index (χ3n) is 2.01. The van der Waals surface area contributed by atoms with E-state index in [9.17, 15) is 9.18 Å². The van der Waals surface area contributed by atoms with E-state index in [4.69, 9.17) is 10.8 Å². The van der Waals surface area contributed by atoms with Gasteiger partial charge in [-0.05, 0) is 30.0 Å². The van der Waals surface area contributed by atoms with Crippen LogP contribution < -0.4 is 5.73 Å². The second kappa shape index (κ2) is 5.14. The van der Waals surface area contributed by atoms with Gasteiger partial charge in [-0.3, -0.25) is 4.79 Å². The fourth-order valence-corrected chi connectivity index (χ4v) is 1.62. The highest BCUT2D eigenvalue weighted by Crippen LogP contribution is 2.19. The number of aliphatic carboxylic acids is 1. The van der Waals surface area contributed by atoms with Crippen molar-refractivity contribution in [2.24, 2.45) is 5.73 Å². The molecule has 0 fully saturated rings. The number of benzene rings is 1. The van der Waals surface area contributed by atoms with Crippen LogP contribution in [0, 0.1) is 5.82 Å². The first-order chi connectivity index (χ1) is 7.04. The molecule has 1 unspecified atom stereocenters. The molecule has 5 heteroatoms. The Morgan fingerprint density at radius 2 is 2.33 bits per heavy atom. The van der Waals surface area contributed by atoms with Crippen molar-refractivity contribution < 1.29 is 14.3 Å². The molecule has 3 nitrogen and oxygen atoms in total. The number of hydrogen-bond acceptors (Lipinski definition) is 3. The molecule has 0 bridgehead atoms. The Bertz CT molecular complexity index is 370. The summed E-state index contributed by atoms with van der Waals surface area (Å²) in [5, 5.41) is 8.61. The van der Waals surface area contributed by atoms with Gasteiger partial charge in [0.15, 0.2) is 0 Å². The zero-order chi connectivity index (χ0) is 11.4. The van der Waals surface area contributed by atoms with Crippen molar-refractivity contribution in [2.45, 2.75) is 17.4 Å². The van der Waals surface area contributed by atoms with Gasteiger partial charge in [-0.2, -0.15) is 0 Å². The van der Waals surface area contributed by atoms with Crippen LogP contribution in [-0.4, -0.2) is 23.4 Å².